The van der Waals surface area contributed by atoms with E-state index in [9.17, 15) is 14.4 Å². The predicted molar refractivity (Wildman–Crippen MR) is 145 cm³/mol. The Morgan fingerprint density at radius 1 is 1.13 bits per heavy atom. The van der Waals surface area contributed by atoms with Crippen molar-refractivity contribution in [3.05, 3.63) is 71.4 Å². The Bertz CT molecular complexity index is 1360. The number of hydrogen-bond acceptors (Lipinski definition) is 7. The normalized spacial score (nSPS) is 18.9. The lowest BCUT2D eigenvalue weighted by atomic mass is 9.93. The van der Waals surface area contributed by atoms with Gasteiger partial charge in [0.05, 0.1) is 23.5 Å². The van der Waals surface area contributed by atoms with E-state index < -0.39 is 35.2 Å². The largest absolute Gasteiger partial charge is 0.489 e. The van der Waals surface area contributed by atoms with Gasteiger partial charge < -0.3 is 14.8 Å². The number of carbonyl (C=O) groups excluding carboxylic acids is 3. The van der Waals surface area contributed by atoms with E-state index in [4.69, 9.17) is 14.7 Å². The summed E-state index contributed by atoms with van der Waals surface area (Å²) < 4.78 is 11.4. The van der Waals surface area contributed by atoms with Crippen molar-refractivity contribution in [2.24, 2.45) is 17.3 Å². The molecule has 3 unspecified atom stereocenters. The van der Waals surface area contributed by atoms with Gasteiger partial charge in [-0.1, -0.05) is 44.2 Å². The van der Waals surface area contributed by atoms with Gasteiger partial charge in [0.1, 0.15) is 18.4 Å². The van der Waals surface area contributed by atoms with E-state index in [1.807, 2.05) is 61.5 Å². The zero-order chi connectivity index (χ0) is 28.2. The molecule has 9 heteroatoms. The van der Waals surface area contributed by atoms with E-state index in [1.165, 1.54) is 0 Å². The van der Waals surface area contributed by atoms with Crippen LogP contribution in [0.3, 0.4) is 0 Å². The Hall–Kier alpha value is -3.98. The number of rotatable bonds is 11. The molecule has 0 bridgehead atoms. The summed E-state index contributed by atoms with van der Waals surface area (Å²) in [6.45, 7) is 7.79. The number of para-hydroxylation sites is 1. The Morgan fingerprint density at radius 2 is 1.85 bits per heavy atom. The van der Waals surface area contributed by atoms with Gasteiger partial charge in [-0.25, -0.2) is 5.48 Å². The highest BCUT2D eigenvalue weighted by atomic mass is 16.5. The number of carbonyl (C=O) groups is 3. The van der Waals surface area contributed by atoms with Crippen molar-refractivity contribution in [1.29, 1.82) is 0 Å². The van der Waals surface area contributed by atoms with Crippen molar-refractivity contribution in [2.75, 3.05) is 6.61 Å². The number of aromatic nitrogens is 1. The highest BCUT2D eigenvalue weighted by Gasteiger charge is 2.64. The fraction of sp³-hybridized carbons (Fsp3) is 0.400. The summed E-state index contributed by atoms with van der Waals surface area (Å²) in [5.74, 6) is -1.75. The first kappa shape index (κ1) is 28.0. The molecule has 1 fully saturated rings. The van der Waals surface area contributed by atoms with Gasteiger partial charge in [0.25, 0.3) is 5.91 Å². The van der Waals surface area contributed by atoms with Crippen LogP contribution < -0.4 is 15.5 Å². The molecule has 0 radical (unpaired) electrons. The number of nitrogens with one attached hydrogen (secondary N) is 2. The highest BCUT2D eigenvalue weighted by molar-refractivity contribution is 5.96. The van der Waals surface area contributed by atoms with Crippen LogP contribution in [0, 0.1) is 24.2 Å². The van der Waals surface area contributed by atoms with Gasteiger partial charge >= 0.3 is 5.97 Å². The molecule has 0 spiro atoms. The molecule has 39 heavy (non-hydrogen) atoms. The zero-order valence-electron chi connectivity index (χ0n) is 22.7. The van der Waals surface area contributed by atoms with Crippen LogP contribution in [0.4, 0.5) is 0 Å². The minimum absolute atomic E-state index is 0.201. The molecule has 2 aromatic carbocycles. The first-order chi connectivity index (χ1) is 18.7. The summed E-state index contributed by atoms with van der Waals surface area (Å²) in [6, 6.07) is 16.5. The first-order valence-corrected chi connectivity index (χ1v) is 13.2. The summed E-state index contributed by atoms with van der Waals surface area (Å²) in [5, 5.41) is 12.8. The molecule has 3 aromatic rings. The first-order valence-electron chi connectivity index (χ1n) is 13.2. The van der Waals surface area contributed by atoms with Crippen LogP contribution >= 0.6 is 0 Å². The predicted octanol–water partition coefficient (Wildman–Crippen LogP) is 3.88. The van der Waals surface area contributed by atoms with Crippen molar-refractivity contribution >= 4 is 28.7 Å². The van der Waals surface area contributed by atoms with Crippen LogP contribution in [-0.4, -0.2) is 40.6 Å². The number of fused-ring (bicyclic) bond motifs is 1. The molecule has 9 nitrogen and oxygen atoms in total. The summed E-state index contributed by atoms with van der Waals surface area (Å²) in [7, 11) is 0. The van der Waals surface area contributed by atoms with Crippen molar-refractivity contribution in [2.45, 2.75) is 53.2 Å². The number of amides is 2. The SMILES string of the molecule is CCOC(=O)C1(Cc2ccc(OCc3cc(C)nc4ccccc34)cc2)CC1C(=O)NC(C(=O)NO)C(C)C. The van der Waals surface area contributed by atoms with Gasteiger partial charge in [0.15, 0.2) is 0 Å². The Kier molecular flexibility index (Phi) is 8.50. The third-order valence-corrected chi connectivity index (χ3v) is 7.20. The topological polar surface area (TPSA) is 127 Å². The third-order valence-electron chi connectivity index (χ3n) is 7.20. The van der Waals surface area contributed by atoms with Crippen LogP contribution in [0.5, 0.6) is 5.75 Å². The average Bonchev–Trinajstić information content (AvgIpc) is 3.66. The molecular weight excluding hydrogens is 498 g/mol. The number of aryl methyl sites for hydroxylation is 1. The average molecular weight is 534 g/mol. The molecule has 1 heterocycles. The summed E-state index contributed by atoms with van der Waals surface area (Å²) in [4.78, 5) is 42.6. The number of benzene rings is 2. The fourth-order valence-electron chi connectivity index (χ4n) is 5.02. The second kappa shape index (κ2) is 11.8. The molecule has 3 N–H and O–H groups in total. The summed E-state index contributed by atoms with van der Waals surface area (Å²) in [6.07, 6.45) is 0.632. The Labute approximate surface area is 227 Å². The zero-order valence-corrected chi connectivity index (χ0v) is 22.7. The second-order valence-corrected chi connectivity index (χ2v) is 10.4. The van der Waals surface area contributed by atoms with Gasteiger partial charge in [-0.15, -0.1) is 0 Å². The van der Waals surface area contributed by atoms with Crippen molar-refractivity contribution < 1.29 is 29.1 Å². The molecular formula is C30H35N3O6. The lowest BCUT2D eigenvalue weighted by Crippen LogP contribution is -2.50. The van der Waals surface area contributed by atoms with E-state index >= 15 is 0 Å². The maximum Gasteiger partial charge on any atom is 0.313 e. The summed E-state index contributed by atoms with van der Waals surface area (Å²) >= 11 is 0. The van der Waals surface area contributed by atoms with Crippen molar-refractivity contribution in [1.82, 2.24) is 15.8 Å². The summed E-state index contributed by atoms with van der Waals surface area (Å²) in [5.41, 5.74) is 4.35. The minimum Gasteiger partial charge on any atom is -0.489 e. The molecule has 1 aromatic heterocycles. The number of esters is 1. The lowest BCUT2D eigenvalue weighted by Gasteiger charge is -2.21. The molecule has 0 saturated heterocycles. The van der Waals surface area contributed by atoms with Crippen molar-refractivity contribution in [3.63, 3.8) is 0 Å². The second-order valence-electron chi connectivity index (χ2n) is 10.4. The number of hydrogen-bond donors (Lipinski definition) is 3. The monoisotopic (exact) mass is 533 g/mol. The number of pyridine rings is 1. The highest BCUT2D eigenvalue weighted by Crippen LogP contribution is 2.56. The number of hydroxylamine groups is 1. The van der Waals surface area contributed by atoms with Gasteiger partial charge in [-0.05, 0) is 62.4 Å². The van der Waals surface area contributed by atoms with Crippen LogP contribution in [0.25, 0.3) is 10.9 Å². The van der Waals surface area contributed by atoms with E-state index in [2.05, 4.69) is 10.3 Å². The van der Waals surface area contributed by atoms with E-state index in [0.29, 0.717) is 25.2 Å². The van der Waals surface area contributed by atoms with Crippen LogP contribution in [0.2, 0.25) is 0 Å². The molecule has 0 aliphatic heterocycles. The van der Waals surface area contributed by atoms with E-state index in [0.717, 1.165) is 27.7 Å². The van der Waals surface area contributed by atoms with E-state index in [-0.39, 0.29) is 12.5 Å². The van der Waals surface area contributed by atoms with Gasteiger partial charge in [0, 0.05) is 16.6 Å². The molecule has 2 amide bonds. The van der Waals surface area contributed by atoms with Gasteiger partial charge in [-0.3, -0.25) is 24.6 Å². The molecule has 1 saturated carbocycles. The number of ether oxygens (including phenoxy) is 2. The Balaban J connectivity index is 1.45. The fourth-order valence-corrected chi connectivity index (χ4v) is 5.02. The van der Waals surface area contributed by atoms with E-state index in [1.54, 1.807) is 26.3 Å². The lowest BCUT2D eigenvalue weighted by molar-refractivity contribution is -0.151. The molecule has 1 aliphatic rings. The van der Waals surface area contributed by atoms with Gasteiger partial charge in [-0.2, -0.15) is 0 Å². The minimum atomic E-state index is -1.01. The Morgan fingerprint density at radius 3 is 2.51 bits per heavy atom. The van der Waals surface area contributed by atoms with Crippen LogP contribution in [-0.2, 0) is 32.1 Å². The van der Waals surface area contributed by atoms with Crippen LogP contribution in [0.1, 0.15) is 44.0 Å². The standard InChI is InChI=1S/C30H35N3O6/c1-5-38-29(36)30(16-24(30)27(34)32-26(18(2)3)28(35)33-37)15-20-10-12-22(13-11-20)39-17-21-14-19(4)31-25-9-7-6-8-23(21)25/h6-14,18,24,26,37H,5,15-17H2,1-4H3,(H,32,34)(H,33,35). The van der Waals surface area contributed by atoms with Gasteiger partial charge in [0.2, 0.25) is 5.91 Å². The molecule has 4 rings (SSSR count). The third kappa shape index (κ3) is 6.20. The molecule has 206 valence electrons. The van der Waals surface area contributed by atoms with Crippen molar-refractivity contribution in [3.8, 4) is 5.75 Å². The molecule has 3 atom stereocenters. The quantitative estimate of drug-likeness (QED) is 0.194. The smallest absolute Gasteiger partial charge is 0.313 e. The maximum absolute atomic E-state index is 13.0. The van der Waals surface area contributed by atoms with Crippen LogP contribution in [0.15, 0.2) is 54.6 Å². The number of nitrogens with zero attached hydrogens (tertiary/aromatic N) is 1. The molecule has 1 aliphatic carbocycles. The maximum atomic E-state index is 13.0.